The maximum Gasteiger partial charge on any atom is 0.412 e. The maximum absolute atomic E-state index is 12.8. The molecule has 1 heterocycles. The molecule has 10 heteroatoms. The van der Waals surface area contributed by atoms with E-state index in [2.05, 4.69) is 20.9 Å². The Bertz CT molecular complexity index is 1020. The molecule has 36 heavy (non-hydrogen) atoms. The quantitative estimate of drug-likeness (QED) is 0.453. The number of carbonyl (C=O) groups excluding carboxylic acids is 3. The normalized spacial score (nSPS) is 11.1. The molecule has 0 unspecified atom stereocenters. The third-order valence-electron chi connectivity index (χ3n) is 4.87. The fraction of sp³-hybridized carbons (Fsp3) is 0.462. The number of amides is 4. The highest BCUT2D eigenvalue weighted by Gasteiger charge is 2.18. The second kappa shape index (κ2) is 13.4. The van der Waals surface area contributed by atoms with Crippen LogP contribution in [0.3, 0.4) is 0 Å². The van der Waals surface area contributed by atoms with Crippen LogP contribution in [0, 0.1) is 0 Å². The van der Waals surface area contributed by atoms with Gasteiger partial charge in [-0.1, -0.05) is 25.1 Å². The summed E-state index contributed by atoms with van der Waals surface area (Å²) >= 11 is 0. The average Bonchev–Trinajstić information content (AvgIpc) is 2.80. The summed E-state index contributed by atoms with van der Waals surface area (Å²) in [6.07, 6.45) is 1.83. The van der Waals surface area contributed by atoms with Gasteiger partial charge in [0.1, 0.15) is 11.3 Å². The van der Waals surface area contributed by atoms with E-state index in [1.165, 1.54) is 0 Å². The fourth-order valence-electron chi connectivity index (χ4n) is 3.09. The number of aromatic nitrogens is 1. The van der Waals surface area contributed by atoms with Crippen molar-refractivity contribution in [1.82, 2.24) is 20.1 Å². The lowest BCUT2D eigenvalue weighted by atomic mass is 10.2. The van der Waals surface area contributed by atoms with Gasteiger partial charge < -0.3 is 25.2 Å². The molecule has 0 bridgehead atoms. The summed E-state index contributed by atoms with van der Waals surface area (Å²) in [6.45, 7) is 9.60. The van der Waals surface area contributed by atoms with Gasteiger partial charge >= 0.3 is 12.1 Å². The second-order valence-corrected chi connectivity index (χ2v) is 9.64. The lowest BCUT2D eigenvalue weighted by Crippen LogP contribution is -2.42. The first-order valence-electron chi connectivity index (χ1n) is 12.0. The summed E-state index contributed by atoms with van der Waals surface area (Å²) < 4.78 is 5.29. The third kappa shape index (κ3) is 9.91. The van der Waals surface area contributed by atoms with Crippen molar-refractivity contribution in [1.29, 1.82) is 0 Å². The van der Waals surface area contributed by atoms with E-state index in [1.807, 2.05) is 25.9 Å². The Morgan fingerprint density at radius 2 is 1.64 bits per heavy atom. The number of benzene rings is 1. The highest BCUT2D eigenvalue weighted by atomic mass is 16.6. The number of pyridine rings is 1. The van der Waals surface area contributed by atoms with Crippen LogP contribution in [0.25, 0.3) is 0 Å². The van der Waals surface area contributed by atoms with Crippen molar-refractivity contribution >= 4 is 29.4 Å². The van der Waals surface area contributed by atoms with Crippen molar-refractivity contribution in [2.45, 2.75) is 46.3 Å². The van der Waals surface area contributed by atoms with Gasteiger partial charge in [0, 0.05) is 32.4 Å². The summed E-state index contributed by atoms with van der Waals surface area (Å²) in [6, 6.07) is 10.1. The molecule has 10 nitrogen and oxygen atoms in total. The minimum Gasteiger partial charge on any atom is -0.444 e. The molecular formula is C26H38N6O4. The summed E-state index contributed by atoms with van der Waals surface area (Å²) in [5.74, 6) is -0.426. The van der Waals surface area contributed by atoms with Crippen molar-refractivity contribution in [2.24, 2.45) is 0 Å². The van der Waals surface area contributed by atoms with Crippen LogP contribution in [0.4, 0.5) is 21.0 Å². The van der Waals surface area contributed by atoms with Crippen molar-refractivity contribution in [3.05, 3.63) is 53.9 Å². The number of hydrogen-bond donors (Lipinski definition) is 3. The molecule has 3 N–H and O–H groups in total. The molecule has 0 aliphatic heterocycles. The Balaban J connectivity index is 2.07. The van der Waals surface area contributed by atoms with Gasteiger partial charge in [-0.15, -0.1) is 0 Å². The summed E-state index contributed by atoms with van der Waals surface area (Å²) in [7, 11) is 3.91. The SMILES string of the molecule is CCCNC(=O)N(CCN(C)C)Cc1ccc(C(=O)Nc2ccccc2NC(=O)OC(C)(C)C)nc1. The van der Waals surface area contributed by atoms with Crippen LogP contribution in [-0.4, -0.2) is 72.1 Å². The van der Waals surface area contributed by atoms with Gasteiger partial charge in [0.25, 0.3) is 5.91 Å². The molecule has 0 fully saturated rings. The summed E-state index contributed by atoms with van der Waals surface area (Å²) in [5.41, 5.74) is 1.20. The number of anilines is 2. The summed E-state index contributed by atoms with van der Waals surface area (Å²) in [5, 5.41) is 8.34. The Kier molecular flexibility index (Phi) is 10.7. The largest absolute Gasteiger partial charge is 0.444 e. The first kappa shape index (κ1) is 28.6. The number of nitrogens with one attached hydrogen (secondary N) is 3. The molecule has 4 amide bonds. The second-order valence-electron chi connectivity index (χ2n) is 9.64. The molecule has 0 saturated heterocycles. The lowest BCUT2D eigenvalue weighted by molar-refractivity contribution is 0.0635. The zero-order valence-corrected chi connectivity index (χ0v) is 22.1. The first-order chi connectivity index (χ1) is 17.0. The first-order valence-corrected chi connectivity index (χ1v) is 12.0. The molecule has 0 aliphatic rings. The van der Waals surface area contributed by atoms with Gasteiger partial charge in [-0.25, -0.2) is 9.59 Å². The van der Waals surface area contributed by atoms with E-state index in [4.69, 9.17) is 4.74 Å². The smallest absolute Gasteiger partial charge is 0.412 e. The number of hydrogen-bond acceptors (Lipinski definition) is 6. The van der Waals surface area contributed by atoms with Crippen molar-refractivity contribution in [2.75, 3.05) is 44.4 Å². The predicted molar refractivity (Wildman–Crippen MR) is 141 cm³/mol. The molecule has 2 aromatic rings. The topological polar surface area (TPSA) is 116 Å². The average molecular weight is 499 g/mol. The van der Waals surface area contributed by atoms with Crippen molar-refractivity contribution in [3.63, 3.8) is 0 Å². The number of ether oxygens (including phenoxy) is 1. The monoisotopic (exact) mass is 498 g/mol. The molecule has 0 spiro atoms. The minimum absolute atomic E-state index is 0.130. The van der Waals surface area contributed by atoms with E-state index in [0.29, 0.717) is 31.0 Å². The molecule has 196 valence electrons. The standard InChI is InChI=1S/C26H38N6O4/c1-7-14-27-24(34)32(16-15-31(5)6)18-19-12-13-22(28-17-19)23(33)29-20-10-8-9-11-21(20)30-25(35)36-26(2,3)4/h8-13,17H,7,14-16,18H2,1-6H3,(H,27,34)(H,29,33)(H,30,35). The lowest BCUT2D eigenvalue weighted by Gasteiger charge is -2.24. The molecule has 2 rings (SSSR count). The highest BCUT2D eigenvalue weighted by Crippen LogP contribution is 2.22. The van der Waals surface area contributed by atoms with Gasteiger partial charge in [0.2, 0.25) is 0 Å². The number of nitrogens with zero attached hydrogens (tertiary/aromatic N) is 3. The van der Waals surface area contributed by atoms with Gasteiger partial charge in [-0.05, 0) is 65.0 Å². The predicted octanol–water partition coefficient (Wildman–Crippen LogP) is 4.16. The number of urea groups is 1. The number of carbonyl (C=O) groups is 3. The van der Waals surface area contributed by atoms with E-state index < -0.39 is 17.6 Å². The van der Waals surface area contributed by atoms with Gasteiger partial charge in [0.15, 0.2) is 0 Å². The van der Waals surface area contributed by atoms with E-state index >= 15 is 0 Å². The Hall–Kier alpha value is -3.66. The van der Waals surface area contributed by atoms with Crippen LogP contribution in [0.2, 0.25) is 0 Å². The van der Waals surface area contributed by atoms with Crippen LogP contribution >= 0.6 is 0 Å². The Labute approximate surface area is 213 Å². The van der Waals surface area contributed by atoms with E-state index in [1.54, 1.807) is 68.3 Å². The minimum atomic E-state index is -0.646. The highest BCUT2D eigenvalue weighted by molar-refractivity contribution is 6.05. The Morgan fingerprint density at radius 3 is 2.19 bits per heavy atom. The number of para-hydroxylation sites is 2. The molecular weight excluding hydrogens is 460 g/mol. The van der Waals surface area contributed by atoms with E-state index in [-0.39, 0.29) is 11.7 Å². The molecule has 0 atom stereocenters. The number of rotatable bonds is 10. The van der Waals surface area contributed by atoms with Crippen LogP contribution in [0.5, 0.6) is 0 Å². The van der Waals surface area contributed by atoms with Crippen LogP contribution in [0.1, 0.15) is 50.2 Å². The van der Waals surface area contributed by atoms with Crippen LogP contribution in [0.15, 0.2) is 42.6 Å². The zero-order chi connectivity index (χ0) is 26.7. The van der Waals surface area contributed by atoms with E-state index in [9.17, 15) is 14.4 Å². The van der Waals surface area contributed by atoms with E-state index in [0.717, 1.165) is 18.5 Å². The Morgan fingerprint density at radius 1 is 0.972 bits per heavy atom. The fourth-order valence-corrected chi connectivity index (χ4v) is 3.09. The van der Waals surface area contributed by atoms with Gasteiger partial charge in [-0.3, -0.25) is 15.1 Å². The van der Waals surface area contributed by atoms with Crippen LogP contribution < -0.4 is 16.0 Å². The van der Waals surface area contributed by atoms with Crippen molar-refractivity contribution in [3.8, 4) is 0 Å². The molecule has 0 aliphatic carbocycles. The molecule has 0 radical (unpaired) electrons. The van der Waals surface area contributed by atoms with Crippen LogP contribution in [-0.2, 0) is 11.3 Å². The van der Waals surface area contributed by atoms with Crippen molar-refractivity contribution < 1.29 is 19.1 Å². The summed E-state index contributed by atoms with van der Waals surface area (Å²) in [4.78, 5) is 45.6. The number of likely N-dealkylation sites (N-methyl/N-ethyl adjacent to an activating group) is 1. The maximum atomic E-state index is 12.8. The van der Waals surface area contributed by atoms with Gasteiger partial charge in [-0.2, -0.15) is 0 Å². The third-order valence-corrected chi connectivity index (χ3v) is 4.87. The van der Waals surface area contributed by atoms with Gasteiger partial charge in [0.05, 0.1) is 11.4 Å². The molecule has 1 aromatic carbocycles. The zero-order valence-electron chi connectivity index (χ0n) is 22.1. The molecule has 0 saturated carbocycles. The molecule has 1 aromatic heterocycles.